The third kappa shape index (κ3) is 1.79. The molecule has 0 saturated carbocycles. The number of nitrogens with two attached hydrogens (primary N) is 1. The second-order valence-electron chi connectivity index (χ2n) is 3.28. The highest BCUT2D eigenvalue weighted by atomic mass is 16.7. The van der Waals surface area contributed by atoms with Crippen molar-refractivity contribution in [2.24, 2.45) is 5.73 Å². The van der Waals surface area contributed by atoms with E-state index >= 15 is 0 Å². The van der Waals surface area contributed by atoms with Gasteiger partial charge in [0.05, 0.1) is 0 Å². The van der Waals surface area contributed by atoms with E-state index in [0.29, 0.717) is 29.9 Å². The topological polar surface area (TPSA) is 84.9 Å². The first-order chi connectivity index (χ1) is 7.24. The van der Waals surface area contributed by atoms with Crippen LogP contribution in [0, 0.1) is 0 Å². The Hall–Kier alpha value is -1.24. The third-order valence-corrected chi connectivity index (χ3v) is 2.34. The summed E-state index contributed by atoms with van der Waals surface area (Å²) in [6.07, 6.45) is 0.573. The molecule has 0 spiro atoms. The lowest BCUT2D eigenvalue weighted by Gasteiger charge is -2.10. The van der Waals surface area contributed by atoms with Gasteiger partial charge in [-0.2, -0.15) is 0 Å². The molecule has 0 atom stereocenters. The predicted molar refractivity (Wildman–Crippen MR) is 55.1 cm³/mol. The molecule has 1 aromatic carbocycles. The molecule has 4 N–H and O–H groups in total. The average Bonchev–Trinajstić information content (AvgIpc) is 2.64. The number of ether oxygens (including phenoxy) is 2. The SMILES string of the molecule is NCCc1ccc2c(c1B(O)O)OCO2. The van der Waals surface area contributed by atoms with Gasteiger partial charge in [-0.15, -0.1) is 0 Å². The maximum absolute atomic E-state index is 9.27. The quantitative estimate of drug-likeness (QED) is 0.533. The van der Waals surface area contributed by atoms with E-state index in [2.05, 4.69) is 0 Å². The lowest BCUT2D eigenvalue weighted by Crippen LogP contribution is -2.34. The number of rotatable bonds is 3. The second-order valence-corrected chi connectivity index (χ2v) is 3.28. The lowest BCUT2D eigenvalue weighted by atomic mass is 9.75. The molecule has 0 bridgehead atoms. The van der Waals surface area contributed by atoms with Gasteiger partial charge in [0.15, 0.2) is 11.5 Å². The maximum Gasteiger partial charge on any atom is 0.492 e. The molecular formula is C9H12BNO4. The Labute approximate surface area is 87.6 Å². The van der Waals surface area contributed by atoms with E-state index in [1.807, 2.05) is 0 Å². The van der Waals surface area contributed by atoms with Crippen LogP contribution in [0.2, 0.25) is 0 Å². The monoisotopic (exact) mass is 209 g/mol. The van der Waals surface area contributed by atoms with Crippen LogP contribution in [0.5, 0.6) is 11.5 Å². The van der Waals surface area contributed by atoms with Gasteiger partial charge < -0.3 is 25.3 Å². The van der Waals surface area contributed by atoms with E-state index in [-0.39, 0.29) is 6.79 Å². The lowest BCUT2D eigenvalue weighted by molar-refractivity contribution is 0.174. The Morgan fingerprint density at radius 2 is 2.13 bits per heavy atom. The summed E-state index contributed by atoms with van der Waals surface area (Å²) < 4.78 is 10.3. The van der Waals surface area contributed by atoms with Crippen LogP contribution in [0.4, 0.5) is 0 Å². The van der Waals surface area contributed by atoms with Crippen LogP contribution in [-0.2, 0) is 6.42 Å². The fourth-order valence-corrected chi connectivity index (χ4v) is 1.69. The zero-order chi connectivity index (χ0) is 10.8. The van der Waals surface area contributed by atoms with Crippen molar-refractivity contribution < 1.29 is 19.5 Å². The first-order valence-electron chi connectivity index (χ1n) is 4.71. The molecule has 0 unspecified atom stereocenters. The minimum Gasteiger partial charge on any atom is -0.454 e. The summed E-state index contributed by atoms with van der Waals surface area (Å²) in [6.45, 7) is 0.556. The summed E-state index contributed by atoms with van der Waals surface area (Å²) in [6, 6.07) is 3.52. The number of benzene rings is 1. The molecule has 0 aromatic heterocycles. The molecule has 6 heteroatoms. The molecular weight excluding hydrogens is 197 g/mol. The standard InChI is InChI=1S/C9H12BNO4/c11-4-3-6-1-2-7-9(15-5-14-7)8(6)10(12)13/h1-2,12-13H,3-5,11H2. The zero-order valence-corrected chi connectivity index (χ0v) is 8.14. The molecule has 80 valence electrons. The van der Waals surface area contributed by atoms with Crippen LogP contribution in [-0.4, -0.2) is 30.5 Å². The molecule has 1 aromatic rings. The van der Waals surface area contributed by atoms with Gasteiger partial charge in [0.25, 0.3) is 0 Å². The van der Waals surface area contributed by atoms with Gasteiger partial charge in [-0.3, -0.25) is 0 Å². The van der Waals surface area contributed by atoms with E-state index < -0.39 is 7.12 Å². The zero-order valence-electron chi connectivity index (χ0n) is 8.14. The average molecular weight is 209 g/mol. The van der Waals surface area contributed by atoms with Crippen molar-refractivity contribution in [1.29, 1.82) is 0 Å². The van der Waals surface area contributed by atoms with Crippen molar-refractivity contribution in [3.63, 3.8) is 0 Å². The van der Waals surface area contributed by atoms with Gasteiger partial charge in [-0.25, -0.2) is 0 Å². The van der Waals surface area contributed by atoms with Gasteiger partial charge in [0.2, 0.25) is 6.79 Å². The van der Waals surface area contributed by atoms with Crippen molar-refractivity contribution in [1.82, 2.24) is 0 Å². The Kier molecular flexibility index (Phi) is 2.81. The molecule has 0 saturated heterocycles. The third-order valence-electron chi connectivity index (χ3n) is 2.34. The highest BCUT2D eigenvalue weighted by molar-refractivity contribution is 6.60. The van der Waals surface area contributed by atoms with Crippen molar-refractivity contribution in [3.8, 4) is 11.5 Å². The molecule has 1 aliphatic heterocycles. The van der Waals surface area contributed by atoms with E-state index in [1.165, 1.54) is 0 Å². The highest BCUT2D eigenvalue weighted by Gasteiger charge is 2.27. The van der Waals surface area contributed by atoms with Crippen molar-refractivity contribution in [2.45, 2.75) is 6.42 Å². The normalized spacial score (nSPS) is 13.0. The number of hydrogen-bond acceptors (Lipinski definition) is 5. The summed E-state index contributed by atoms with van der Waals surface area (Å²) in [4.78, 5) is 0. The first-order valence-corrected chi connectivity index (χ1v) is 4.71. The van der Waals surface area contributed by atoms with E-state index in [9.17, 15) is 10.0 Å². The van der Waals surface area contributed by atoms with Crippen LogP contribution in [0.25, 0.3) is 0 Å². The molecule has 2 rings (SSSR count). The number of fused-ring (bicyclic) bond motifs is 1. The predicted octanol–water partition coefficient (Wildman–Crippen LogP) is -1.40. The first kappa shape index (κ1) is 10.3. The molecule has 1 aliphatic rings. The van der Waals surface area contributed by atoms with E-state index in [0.717, 1.165) is 5.56 Å². The minimum atomic E-state index is -1.57. The van der Waals surface area contributed by atoms with Gasteiger partial charge in [-0.1, -0.05) is 6.07 Å². The smallest absolute Gasteiger partial charge is 0.454 e. The molecule has 0 radical (unpaired) electrons. The highest BCUT2D eigenvalue weighted by Crippen LogP contribution is 2.31. The van der Waals surface area contributed by atoms with Crippen LogP contribution in [0.3, 0.4) is 0 Å². The summed E-state index contributed by atoms with van der Waals surface area (Å²) in [5.74, 6) is 0.954. The summed E-state index contributed by atoms with van der Waals surface area (Å²) in [5.41, 5.74) is 6.57. The molecule has 0 amide bonds. The maximum atomic E-state index is 9.27. The Morgan fingerprint density at radius 1 is 1.33 bits per heavy atom. The van der Waals surface area contributed by atoms with Crippen molar-refractivity contribution in [2.75, 3.05) is 13.3 Å². The minimum absolute atomic E-state index is 0.112. The molecule has 0 aliphatic carbocycles. The molecule has 15 heavy (non-hydrogen) atoms. The van der Waals surface area contributed by atoms with Gasteiger partial charge in [0.1, 0.15) is 0 Å². The summed E-state index contributed by atoms with van der Waals surface area (Å²) in [5, 5.41) is 18.5. The van der Waals surface area contributed by atoms with E-state index in [1.54, 1.807) is 12.1 Å². The van der Waals surface area contributed by atoms with E-state index in [4.69, 9.17) is 15.2 Å². The van der Waals surface area contributed by atoms with Gasteiger partial charge in [-0.05, 0) is 24.6 Å². The Bertz CT molecular complexity index is 369. The fourth-order valence-electron chi connectivity index (χ4n) is 1.69. The molecule has 1 heterocycles. The largest absolute Gasteiger partial charge is 0.492 e. The molecule has 0 fully saturated rings. The summed E-state index contributed by atoms with van der Waals surface area (Å²) in [7, 11) is -1.57. The van der Waals surface area contributed by atoms with Crippen LogP contribution in [0.15, 0.2) is 12.1 Å². The Balaban J connectivity index is 2.48. The number of hydrogen-bond donors (Lipinski definition) is 3. The van der Waals surface area contributed by atoms with Crippen molar-refractivity contribution >= 4 is 12.6 Å². The fraction of sp³-hybridized carbons (Fsp3) is 0.333. The van der Waals surface area contributed by atoms with Crippen molar-refractivity contribution in [3.05, 3.63) is 17.7 Å². The van der Waals surface area contributed by atoms with Gasteiger partial charge in [0, 0.05) is 5.46 Å². The second kappa shape index (κ2) is 4.10. The van der Waals surface area contributed by atoms with Crippen LogP contribution < -0.4 is 20.7 Å². The Morgan fingerprint density at radius 3 is 2.80 bits per heavy atom. The summed E-state index contributed by atoms with van der Waals surface area (Å²) >= 11 is 0. The molecule has 5 nitrogen and oxygen atoms in total. The van der Waals surface area contributed by atoms with Gasteiger partial charge >= 0.3 is 7.12 Å². The van der Waals surface area contributed by atoms with Crippen LogP contribution >= 0.6 is 0 Å². The van der Waals surface area contributed by atoms with Crippen LogP contribution in [0.1, 0.15) is 5.56 Å².